The van der Waals surface area contributed by atoms with Crippen LogP contribution in [0.15, 0.2) is 42.5 Å². The van der Waals surface area contributed by atoms with Crippen molar-refractivity contribution < 1.29 is 19.0 Å². The summed E-state index contributed by atoms with van der Waals surface area (Å²) in [5.74, 6) is 0.0980. The number of carbonyl (C=O) groups is 1. The number of nitrogens with one attached hydrogen (secondary N) is 1. The standard InChI is InChI=1S/C25H27FN2O3/c1-31-24-5-3-2-4-21(24)25(30)13-18(10-19-14-28-15-22(19)25)23(29)12-16-6-7-20(26)11-17(16)8-9-27/h2-7,11,18-19,22,28,30H,8,10,12-15H2,1H3/t18-,19-,22+,25+/m0/s1. The van der Waals surface area contributed by atoms with Gasteiger partial charge in [-0.05, 0) is 54.6 Å². The van der Waals surface area contributed by atoms with Crippen molar-refractivity contribution in [3.05, 3.63) is 65.0 Å². The Morgan fingerprint density at radius 1 is 1.29 bits per heavy atom. The fourth-order valence-corrected chi connectivity index (χ4v) is 5.42. The highest BCUT2D eigenvalue weighted by Gasteiger charge is 2.52. The molecule has 5 nitrogen and oxygen atoms in total. The summed E-state index contributed by atoms with van der Waals surface area (Å²) in [6.45, 7) is 1.46. The minimum Gasteiger partial charge on any atom is -0.496 e. The number of nitrogens with zero attached hydrogens (tertiary/aromatic N) is 1. The molecule has 2 aliphatic rings. The third-order valence-corrected chi connectivity index (χ3v) is 6.93. The van der Waals surface area contributed by atoms with E-state index in [1.165, 1.54) is 12.1 Å². The molecule has 2 fully saturated rings. The number of fused-ring (bicyclic) bond motifs is 1. The van der Waals surface area contributed by atoms with Gasteiger partial charge in [0.05, 0.1) is 25.2 Å². The Morgan fingerprint density at radius 2 is 2.10 bits per heavy atom. The van der Waals surface area contributed by atoms with Gasteiger partial charge in [0.15, 0.2) is 0 Å². The van der Waals surface area contributed by atoms with Gasteiger partial charge in [0.25, 0.3) is 0 Å². The van der Waals surface area contributed by atoms with Gasteiger partial charge < -0.3 is 15.2 Å². The summed E-state index contributed by atoms with van der Waals surface area (Å²) in [6.07, 6.45) is 1.23. The van der Waals surface area contributed by atoms with Gasteiger partial charge in [-0.15, -0.1) is 0 Å². The zero-order valence-corrected chi connectivity index (χ0v) is 17.6. The summed E-state index contributed by atoms with van der Waals surface area (Å²) in [5, 5.41) is 24.4. The van der Waals surface area contributed by atoms with E-state index in [9.17, 15) is 14.3 Å². The summed E-state index contributed by atoms with van der Waals surface area (Å²) in [5.41, 5.74) is 0.783. The Bertz CT molecular complexity index is 1020. The highest BCUT2D eigenvalue weighted by Crippen LogP contribution is 2.51. The first-order chi connectivity index (χ1) is 15.0. The summed E-state index contributed by atoms with van der Waals surface area (Å²) >= 11 is 0. The number of halogens is 1. The maximum atomic E-state index is 13.6. The fraction of sp³-hybridized carbons (Fsp3) is 0.440. The predicted molar refractivity (Wildman–Crippen MR) is 114 cm³/mol. The van der Waals surface area contributed by atoms with Crippen molar-refractivity contribution >= 4 is 5.78 Å². The number of aliphatic hydroxyl groups is 1. The van der Waals surface area contributed by atoms with Crippen LogP contribution >= 0.6 is 0 Å². The van der Waals surface area contributed by atoms with Crippen LogP contribution in [0.4, 0.5) is 4.39 Å². The van der Waals surface area contributed by atoms with Gasteiger partial charge in [-0.1, -0.05) is 24.3 Å². The van der Waals surface area contributed by atoms with Crippen molar-refractivity contribution in [3.63, 3.8) is 0 Å². The molecule has 1 heterocycles. The lowest BCUT2D eigenvalue weighted by atomic mass is 9.62. The third-order valence-electron chi connectivity index (χ3n) is 6.93. The van der Waals surface area contributed by atoms with Gasteiger partial charge in [0.2, 0.25) is 0 Å². The lowest BCUT2D eigenvalue weighted by Crippen LogP contribution is -2.47. The normalized spacial score (nSPS) is 27.4. The first-order valence-electron chi connectivity index (χ1n) is 10.7. The average Bonchev–Trinajstić information content (AvgIpc) is 3.25. The van der Waals surface area contributed by atoms with Crippen LogP contribution in [-0.2, 0) is 23.2 Å². The number of rotatable bonds is 6. The number of para-hydroxylation sites is 1. The van der Waals surface area contributed by atoms with Gasteiger partial charge in [-0.2, -0.15) is 5.26 Å². The van der Waals surface area contributed by atoms with Crippen molar-refractivity contribution in [2.75, 3.05) is 20.2 Å². The number of ketones is 1. The Balaban J connectivity index is 1.63. The Labute approximate surface area is 181 Å². The van der Waals surface area contributed by atoms with Crippen LogP contribution in [-0.4, -0.2) is 31.1 Å². The van der Waals surface area contributed by atoms with Gasteiger partial charge in [-0.3, -0.25) is 4.79 Å². The van der Waals surface area contributed by atoms with E-state index in [1.54, 1.807) is 13.2 Å². The highest BCUT2D eigenvalue weighted by atomic mass is 19.1. The Kier molecular flexibility index (Phi) is 6.08. The maximum absolute atomic E-state index is 13.6. The molecule has 6 heteroatoms. The van der Waals surface area contributed by atoms with E-state index in [2.05, 4.69) is 5.32 Å². The second-order valence-corrected chi connectivity index (χ2v) is 8.68. The van der Waals surface area contributed by atoms with Gasteiger partial charge >= 0.3 is 0 Å². The van der Waals surface area contributed by atoms with Crippen LogP contribution in [0.25, 0.3) is 0 Å². The molecule has 0 radical (unpaired) electrons. The summed E-state index contributed by atoms with van der Waals surface area (Å²) in [7, 11) is 1.59. The van der Waals surface area contributed by atoms with E-state index in [1.807, 2.05) is 30.3 Å². The molecule has 1 saturated carbocycles. The summed E-state index contributed by atoms with van der Waals surface area (Å²) < 4.78 is 19.2. The molecule has 4 atom stereocenters. The number of Topliss-reactive ketones (excluding diaryl/α,β-unsaturated/α-hetero) is 1. The molecule has 162 valence electrons. The van der Waals surface area contributed by atoms with Crippen LogP contribution in [0.3, 0.4) is 0 Å². The van der Waals surface area contributed by atoms with E-state index in [0.29, 0.717) is 36.3 Å². The first kappa shape index (κ1) is 21.5. The second-order valence-electron chi connectivity index (χ2n) is 8.68. The van der Waals surface area contributed by atoms with Crippen LogP contribution in [0.2, 0.25) is 0 Å². The molecule has 2 N–H and O–H groups in total. The van der Waals surface area contributed by atoms with Gasteiger partial charge in [0, 0.05) is 30.4 Å². The minimum atomic E-state index is -1.17. The lowest BCUT2D eigenvalue weighted by Gasteiger charge is -2.45. The Hall–Kier alpha value is -2.75. The maximum Gasteiger partial charge on any atom is 0.140 e. The van der Waals surface area contributed by atoms with E-state index >= 15 is 0 Å². The molecule has 31 heavy (non-hydrogen) atoms. The average molecular weight is 423 g/mol. The lowest BCUT2D eigenvalue weighted by molar-refractivity contribution is -0.134. The molecule has 0 spiro atoms. The van der Waals surface area contributed by atoms with E-state index < -0.39 is 11.4 Å². The van der Waals surface area contributed by atoms with Crippen molar-refractivity contribution in [2.45, 2.75) is 31.3 Å². The molecule has 0 unspecified atom stereocenters. The molecule has 4 rings (SSSR count). The van der Waals surface area contributed by atoms with Crippen LogP contribution in [0, 0.1) is 34.9 Å². The van der Waals surface area contributed by atoms with Crippen molar-refractivity contribution in [3.8, 4) is 11.8 Å². The van der Waals surface area contributed by atoms with Crippen LogP contribution < -0.4 is 10.1 Å². The van der Waals surface area contributed by atoms with E-state index in [4.69, 9.17) is 10.00 Å². The Morgan fingerprint density at radius 3 is 2.87 bits per heavy atom. The molecule has 1 aliphatic carbocycles. The number of hydrogen-bond donors (Lipinski definition) is 2. The molecule has 1 aliphatic heterocycles. The fourth-order valence-electron chi connectivity index (χ4n) is 5.42. The number of benzene rings is 2. The van der Waals surface area contributed by atoms with E-state index in [0.717, 1.165) is 12.1 Å². The van der Waals surface area contributed by atoms with Crippen molar-refractivity contribution in [1.29, 1.82) is 5.26 Å². The number of methoxy groups -OCH3 is 1. The molecule has 0 bridgehead atoms. The highest BCUT2D eigenvalue weighted by molar-refractivity contribution is 5.84. The number of carbonyl (C=O) groups excluding carboxylic acids is 1. The molecule has 0 aromatic heterocycles. The van der Waals surface area contributed by atoms with Gasteiger partial charge in [-0.25, -0.2) is 4.39 Å². The summed E-state index contributed by atoms with van der Waals surface area (Å²) in [6, 6.07) is 13.8. The largest absolute Gasteiger partial charge is 0.496 e. The van der Waals surface area contributed by atoms with Crippen LogP contribution in [0.1, 0.15) is 29.5 Å². The topological polar surface area (TPSA) is 82.3 Å². The third kappa shape index (κ3) is 4.08. The van der Waals surface area contributed by atoms with E-state index in [-0.39, 0.29) is 36.4 Å². The number of nitriles is 1. The molecular formula is C25H27FN2O3. The monoisotopic (exact) mass is 422 g/mol. The first-order valence-corrected chi connectivity index (χ1v) is 10.7. The van der Waals surface area contributed by atoms with Crippen molar-refractivity contribution in [2.24, 2.45) is 17.8 Å². The molecule has 2 aromatic carbocycles. The minimum absolute atomic E-state index is 0.00724. The quantitative estimate of drug-likeness (QED) is 0.747. The van der Waals surface area contributed by atoms with Crippen molar-refractivity contribution in [1.82, 2.24) is 5.32 Å². The molecule has 0 amide bonds. The molecule has 1 saturated heterocycles. The second kappa shape index (κ2) is 8.78. The number of ether oxygens (including phenoxy) is 1. The SMILES string of the molecule is COc1ccccc1[C@]1(O)C[C@@H](C(=O)Cc2ccc(F)cc2CC#N)C[C@H]2CNC[C@H]21. The predicted octanol–water partition coefficient (Wildman–Crippen LogP) is 3.15. The van der Waals surface area contributed by atoms with Gasteiger partial charge in [0.1, 0.15) is 17.3 Å². The summed E-state index contributed by atoms with van der Waals surface area (Å²) in [4.78, 5) is 13.3. The number of hydrogen-bond acceptors (Lipinski definition) is 5. The zero-order valence-electron chi connectivity index (χ0n) is 17.6. The van der Waals surface area contributed by atoms with Crippen LogP contribution in [0.5, 0.6) is 5.75 Å². The smallest absolute Gasteiger partial charge is 0.140 e. The zero-order chi connectivity index (χ0) is 22.0. The molecule has 2 aromatic rings. The molecular weight excluding hydrogens is 395 g/mol.